The first-order valence-electron chi connectivity index (χ1n) is 14.2. The standard InChI is InChI=1S/C33H33N7O3/c1-37(24-13-14-24)19-7-12-29(41)38(2)26-10-6-11-27(20-26)40-32-30(31(34)35-22-36-32)39(33(40)42)25-15-17-28(18-16-25)43-21-23-8-4-3-5-9-23/h3-12,15-18,20,22,24H,13-14,19,21H2,1-2H3,(H2,34,35,36)/b12-7+. The maximum absolute atomic E-state index is 14.0. The SMILES string of the molecule is CN(C(=O)/C=C/CN(C)C1CC1)c1cccc(-n2c(=O)n(-c3ccc(OCc4ccccc4)cc3)c3c(N)ncnc32)c1. The van der Waals surface area contributed by atoms with Gasteiger partial charge in [0.25, 0.3) is 0 Å². The van der Waals surface area contributed by atoms with Crippen LogP contribution >= 0.6 is 0 Å². The summed E-state index contributed by atoms with van der Waals surface area (Å²) in [6.45, 7) is 1.15. The molecule has 1 amide bonds. The minimum absolute atomic E-state index is 0.155. The molecule has 10 heteroatoms. The molecule has 43 heavy (non-hydrogen) atoms. The van der Waals surface area contributed by atoms with Gasteiger partial charge in [-0.15, -0.1) is 0 Å². The maximum Gasteiger partial charge on any atom is 0.339 e. The molecular weight excluding hydrogens is 542 g/mol. The number of amides is 1. The molecule has 1 aliphatic rings. The highest BCUT2D eigenvalue weighted by atomic mass is 16.5. The molecule has 3 aromatic carbocycles. The van der Waals surface area contributed by atoms with Crippen molar-refractivity contribution in [3.63, 3.8) is 0 Å². The molecule has 6 rings (SSSR count). The fourth-order valence-corrected chi connectivity index (χ4v) is 5.02. The number of benzene rings is 3. The van der Waals surface area contributed by atoms with Crippen molar-refractivity contribution in [2.75, 3.05) is 31.3 Å². The van der Waals surface area contributed by atoms with Gasteiger partial charge in [-0.05, 0) is 67.9 Å². The first kappa shape index (κ1) is 27.9. The number of fused-ring (bicyclic) bond motifs is 1. The minimum Gasteiger partial charge on any atom is -0.489 e. The molecule has 10 nitrogen and oxygen atoms in total. The van der Waals surface area contributed by atoms with Crippen molar-refractivity contribution in [2.24, 2.45) is 0 Å². The van der Waals surface area contributed by atoms with Gasteiger partial charge in [0, 0.05) is 31.4 Å². The molecule has 0 spiro atoms. The normalized spacial score (nSPS) is 13.2. The summed E-state index contributed by atoms with van der Waals surface area (Å²) in [7, 11) is 3.78. The zero-order valence-corrected chi connectivity index (χ0v) is 24.1. The highest BCUT2D eigenvalue weighted by molar-refractivity contribution is 6.01. The molecule has 2 aromatic heterocycles. The molecule has 1 fully saturated rings. The lowest BCUT2D eigenvalue weighted by atomic mass is 10.2. The molecule has 0 radical (unpaired) electrons. The summed E-state index contributed by atoms with van der Waals surface area (Å²) in [5.41, 5.74) is 9.50. The third-order valence-corrected chi connectivity index (χ3v) is 7.62. The molecule has 0 atom stereocenters. The van der Waals surface area contributed by atoms with Gasteiger partial charge in [0.2, 0.25) is 5.91 Å². The molecule has 218 valence electrons. The van der Waals surface area contributed by atoms with Crippen LogP contribution < -0.4 is 21.1 Å². The first-order valence-corrected chi connectivity index (χ1v) is 14.2. The fraction of sp³-hybridized carbons (Fsp3) is 0.212. The van der Waals surface area contributed by atoms with Crippen LogP contribution in [-0.2, 0) is 11.4 Å². The smallest absolute Gasteiger partial charge is 0.339 e. The van der Waals surface area contributed by atoms with Crippen molar-refractivity contribution >= 4 is 28.6 Å². The summed E-state index contributed by atoms with van der Waals surface area (Å²) in [4.78, 5) is 39.3. The van der Waals surface area contributed by atoms with E-state index < -0.39 is 0 Å². The molecule has 0 bridgehead atoms. The topological polar surface area (TPSA) is 112 Å². The number of nitrogen functional groups attached to an aromatic ring is 1. The second-order valence-electron chi connectivity index (χ2n) is 10.6. The highest BCUT2D eigenvalue weighted by Crippen LogP contribution is 2.27. The van der Waals surface area contributed by atoms with Crippen molar-refractivity contribution in [3.05, 3.63) is 113 Å². The highest BCUT2D eigenvalue weighted by Gasteiger charge is 2.25. The third kappa shape index (κ3) is 5.91. The summed E-state index contributed by atoms with van der Waals surface area (Å²) in [6, 6.07) is 25.0. The van der Waals surface area contributed by atoms with E-state index >= 15 is 0 Å². The van der Waals surface area contributed by atoms with Gasteiger partial charge in [0.15, 0.2) is 11.5 Å². The van der Waals surface area contributed by atoms with Crippen LogP contribution in [0.15, 0.2) is 102 Å². The van der Waals surface area contributed by atoms with Crippen LogP contribution in [0.1, 0.15) is 18.4 Å². The second kappa shape index (κ2) is 11.9. The van der Waals surface area contributed by atoms with Gasteiger partial charge >= 0.3 is 5.69 Å². The minimum atomic E-state index is -0.366. The fourth-order valence-electron chi connectivity index (χ4n) is 5.02. The zero-order chi connectivity index (χ0) is 29.9. The molecule has 0 unspecified atom stereocenters. The lowest BCUT2D eigenvalue weighted by Crippen LogP contribution is -2.26. The molecule has 1 saturated carbocycles. The van der Waals surface area contributed by atoms with Crippen molar-refractivity contribution in [1.29, 1.82) is 0 Å². The van der Waals surface area contributed by atoms with E-state index in [1.807, 2.05) is 54.6 Å². The number of aromatic nitrogens is 4. The van der Waals surface area contributed by atoms with Gasteiger partial charge in [-0.2, -0.15) is 0 Å². The van der Waals surface area contributed by atoms with Crippen molar-refractivity contribution in [3.8, 4) is 17.1 Å². The summed E-state index contributed by atoms with van der Waals surface area (Å²) >= 11 is 0. The van der Waals surface area contributed by atoms with Gasteiger partial charge in [-0.25, -0.2) is 19.3 Å². The van der Waals surface area contributed by atoms with Crippen LogP contribution in [0.2, 0.25) is 0 Å². The number of ether oxygens (including phenoxy) is 1. The number of carbonyl (C=O) groups excluding carboxylic acids is 1. The lowest BCUT2D eigenvalue weighted by molar-refractivity contribution is -0.113. The number of hydrogen-bond donors (Lipinski definition) is 1. The van der Waals surface area contributed by atoms with Crippen LogP contribution in [0.4, 0.5) is 11.5 Å². The van der Waals surface area contributed by atoms with Gasteiger partial charge in [-0.1, -0.05) is 42.5 Å². The van der Waals surface area contributed by atoms with Gasteiger partial charge < -0.3 is 15.4 Å². The average Bonchev–Trinajstić information content (AvgIpc) is 3.84. The van der Waals surface area contributed by atoms with E-state index in [4.69, 9.17) is 10.5 Å². The quantitative estimate of drug-likeness (QED) is 0.247. The van der Waals surface area contributed by atoms with Crippen molar-refractivity contribution < 1.29 is 9.53 Å². The van der Waals surface area contributed by atoms with E-state index in [0.717, 1.165) is 12.1 Å². The number of imidazole rings is 1. The van der Waals surface area contributed by atoms with Crippen LogP contribution in [0.3, 0.4) is 0 Å². The Morgan fingerprint density at radius 1 is 0.977 bits per heavy atom. The van der Waals surface area contributed by atoms with E-state index in [0.29, 0.717) is 46.6 Å². The Morgan fingerprint density at radius 2 is 1.74 bits per heavy atom. The number of nitrogens with two attached hydrogens (primary N) is 1. The van der Waals surface area contributed by atoms with Gasteiger partial charge in [0.05, 0.1) is 11.4 Å². The zero-order valence-electron chi connectivity index (χ0n) is 24.1. The summed E-state index contributed by atoms with van der Waals surface area (Å²) < 4.78 is 8.90. The van der Waals surface area contributed by atoms with Crippen LogP contribution in [0, 0.1) is 0 Å². The molecule has 0 aliphatic heterocycles. The molecule has 2 N–H and O–H groups in total. The Balaban J connectivity index is 1.29. The third-order valence-electron chi connectivity index (χ3n) is 7.62. The number of anilines is 2. The van der Waals surface area contributed by atoms with Crippen LogP contribution in [0.5, 0.6) is 5.75 Å². The Bertz CT molecular complexity index is 1840. The van der Waals surface area contributed by atoms with Gasteiger partial charge in [-0.3, -0.25) is 14.3 Å². The van der Waals surface area contributed by atoms with Crippen molar-refractivity contribution in [2.45, 2.75) is 25.5 Å². The molecule has 5 aromatic rings. The Hall–Kier alpha value is -5.22. The molecule has 1 aliphatic carbocycles. The first-order chi connectivity index (χ1) is 20.9. The number of nitrogens with zero attached hydrogens (tertiary/aromatic N) is 6. The monoisotopic (exact) mass is 575 g/mol. The second-order valence-corrected chi connectivity index (χ2v) is 10.6. The summed E-state index contributed by atoms with van der Waals surface area (Å²) in [5.74, 6) is 0.689. The Labute approximate surface area is 249 Å². The predicted octanol–water partition coefficient (Wildman–Crippen LogP) is 4.35. The number of carbonyl (C=O) groups is 1. The van der Waals surface area contributed by atoms with E-state index in [2.05, 4.69) is 21.9 Å². The van der Waals surface area contributed by atoms with E-state index in [-0.39, 0.29) is 17.4 Å². The van der Waals surface area contributed by atoms with Crippen molar-refractivity contribution in [1.82, 2.24) is 24.0 Å². The van der Waals surface area contributed by atoms with Gasteiger partial charge in [0.1, 0.15) is 24.2 Å². The molecular formula is C33H33N7O3. The van der Waals surface area contributed by atoms with E-state index in [9.17, 15) is 9.59 Å². The van der Waals surface area contributed by atoms with E-state index in [1.165, 1.54) is 28.3 Å². The maximum atomic E-state index is 14.0. The number of rotatable bonds is 10. The molecule has 2 heterocycles. The number of hydrogen-bond acceptors (Lipinski definition) is 7. The summed E-state index contributed by atoms with van der Waals surface area (Å²) in [6.07, 6.45) is 7.24. The Kier molecular flexibility index (Phi) is 7.76. The largest absolute Gasteiger partial charge is 0.489 e. The average molecular weight is 576 g/mol. The lowest BCUT2D eigenvalue weighted by Gasteiger charge is -2.17. The Morgan fingerprint density at radius 3 is 2.49 bits per heavy atom. The van der Waals surface area contributed by atoms with Crippen LogP contribution in [-0.4, -0.2) is 56.6 Å². The summed E-state index contributed by atoms with van der Waals surface area (Å²) in [5, 5.41) is 0. The van der Waals surface area contributed by atoms with Crippen LogP contribution in [0.25, 0.3) is 22.5 Å². The predicted molar refractivity (Wildman–Crippen MR) is 168 cm³/mol. The number of likely N-dealkylation sites (N-methyl/N-ethyl adjacent to an activating group) is 2. The van der Waals surface area contributed by atoms with E-state index in [1.54, 1.807) is 48.4 Å². The molecule has 0 saturated heterocycles.